The van der Waals surface area contributed by atoms with Gasteiger partial charge in [0.15, 0.2) is 5.75 Å². The molecule has 2 aromatic rings. The zero-order valence-corrected chi connectivity index (χ0v) is 9.36. The van der Waals surface area contributed by atoms with E-state index in [2.05, 4.69) is 4.98 Å². The van der Waals surface area contributed by atoms with Crippen LogP contribution in [0.2, 0.25) is 0 Å². The van der Waals surface area contributed by atoms with Crippen molar-refractivity contribution in [2.45, 2.75) is 6.92 Å². The second-order valence-electron chi connectivity index (χ2n) is 4.03. The van der Waals surface area contributed by atoms with Crippen LogP contribution in [-0.4, -0.2) is 4.98 Å². The zero-order chi connectivity index (χ0) is 11.8. The van der Waals surface area contributed by atoms with E-state index in [9.17, 15) is 4.79 Å². The van der Waals surface area contributed by atoms with Crippen LogP contribution in [0.4, 0.5) is 0 Å². The van der Waals surface area contributed by atoms with Crippen LogP contribution in [-0.2, 0) is 0 Å². The van der Waals surface area contributed by atoms with Gasteiger partial charge in [0, 0.05) is 11.6 Å². The van der Waals surface area contributed by atoms with Gasteiger partial charge < -0.3 is 9.72 Å². The molecule has 1 aliphatic heterocycles. The lowest BCUT2D eigenvalue weighted by Crippen LogP contribution is -2.06. The van der Waals surface area contributed by atoms with Gasteiger partial charge in [-0.2, -0.15) is 0 Å². The van der Waals surface area contributed by atoms with Crippen molar-refractivity contribution >= 4 is 11.6 Å². The summed E-state index contributed by atoms with van der Waals surface area (Å²) in [6.45, 7) is 1.96. The Labute approximate surface area is 98.4 Å². The fourth-order valence-electron chi connectivity index (χ4n) is 1.96. The first kappa shape index (κ1) is 9.90. The van der Waals surface area contributed by atoms with Crippen LogP contribution in [0.15, 0.2) is 41.2 Å². The second kappa shape index (κ2) is 3.63. The Kier molecular flexibility index (Phi) is 2.11. The fraction of sp³-hybridized carbons (Fsp3) is 0.0714. The molecule has 17 heavy (non-hydrogen) atoms. The number of benzene rings is 1. The molecule has 0 atom stereocenters. The summed E-state index contributed by atoms with van der Waals surface area (Å²) in [7, 11) is 0. The Bertz CT molecular complexity index is 668. The summed E-state index contributed by atoms with van der Waals surface area (Å²) in [6.07, 6.45) is 2.01. The summed E-state index contributed by atoms with van der Waals surface area (Å²) < 4.78 is 5.81. The molecular formula is C14H11NO2. The van der Waals surface area contributed by atoms with Crippen LogP contribution in [0.5, 0.6) is 11.5 Å². The molecule has 0 unspecified atom stereocenters. The normalized spacial score (nSPS) is 12.9. The lowest BCUT2D eigenvalue weighted by atomic mass is 10.1. The highest BCUT2D eigenvalue weighted by atomic mass is 16.5. The molecule has 1 aromatic heterocycles. The summed E-state index contributed by atoms with van der Waals surface area (Å²) in [5.41, 5.74) is 2.63. The molecular weight excluding hydrogens is 214 g/mol. The average Bonchev–Trinajstić information content (AvgIpc) is 2.46. The molecule has 0 spiro atoms. The maximum atomic E-state index is 11.3. The van der Waals surface area contributed by atoms with Crippen LogP contribution >= 0.6 is 0 Å². The summed E-state index contributed by atoms with van der Waals surface area (Å²) in [6, 6.07) is 11.0. The van der Waals surface area contributed by atoms with Crippen molar-refractivity contribution in [1.82, 2.24) is 4.98 Å². The van der Waals surface area contributed by atoms with Crippen LogP contribution in [0.3, 0.4) is 0 Å². The van der Waals surface area contributed by atoms with E-state index in [4.69, 9.17) is 4.74 Å². The van der Waals surface area contributed by atoms with Crippen LogP contribution in [0.1, 0.15) is 18.2 Å². The Morgan fingerprint density at radius 1 is 1.06 bits per heavy atom. The molecule has 1 N–H and O–H groups in total. The van der Waals surface area contributed by atoms with Crippen molar-refractivity contribution < 1.29 is 4.74 Å². The molecule has 0 aliphatic carbocycles. The summed E-state index contributed by atoms with van der Waals surface area (Å²) in [5.74, 6) is 1.49. The van der Waals surface area contributed by atoms with E-state index < -0.39 is 0 Å². The summed E-state index contributed by atoms with van der Waals surface area (Å²) in [5, 5.41) is 0. The minimum Gasteiger partial charge on any atom is -0.455 e. The standard InChI is InChI=1S/C14H11NO2/c1-9-8-10-4-2-3-5-11(10)17-12-6-7-13(16)15-14(9)12/h2-8H,1H3,(H,15,16). The van der Waals surface area contributed by atoms with Gasteiger partial charge in [0.25, 0.3) is 0 Å². The molecule has 0 fully saturated rings. The Hall–Kier alpha value is -2.29. The highest BCUT2D eigenvalue weighted by molar-refractivity contribution is 5.84. The highest BCUT2D eigenvalue weighted by Gasteiger charge is 2.14. The minimum absolute atomic E-state index is 0.119. The molecule has 3 rings (SSSR count). The Balaban J connectivity index is 2.28. The number of allylic oxidation sites excluding steroid dienone is 1. The fourth-order valence-corrected chi connectivity index (χ4v) is 1.96. The van der Waals surface area contributed by atoms with Gasteiger partial charge in [-0.15, -0.1) is 0 Å². The van der Waals surface area contributed by atoms with Crippen molar-refractivity contribution in [2.24, 2.45) is 0 Å². The van der Waals surface area contributed by atoms with Gasteiger partial charge in [0.2, 0.25) is 5.56 Å². The summed E-state index contributed by atoms with van der Waals surface area (Å²) in [4.78, 5) is 14.1. The third kappa shape index (κ3) is 1.65. The topological polar surface area (TPSA) is 42.1 Å². The summed E-state index contributed by atoms with van der Waals surface area (Å²) >= 11 is 0. The second-order valence-corrected chi connectivity index (χ2v) is 4.03. The Morgan fingerprint density at radius 2 is 1.88 bits per heavy atom. The van der Waals surface area contributed by atoms with Crippen molar-refractivity contribution in [3.63, 3.8) is 0 Å². The van der Waals surface area contributed by atoms with Gasteiger partial charge in [-0.1, -0.05) is 18.2 Å². The number of aromatic amines is 1. The van der Waals surface area contributed by atoms with Gasteiger partial charge in [0.1, 0.15) is 5.75 Å². The van der Waals surface area contributed by atoms with Crippen molar-refractivity contribution in [3.8, 4) is 11.5 Å². The van der Waals surface area contributed by atoms with Gasteiger partial charge in [-0.3, -0.25) is 4.79 Å². The minimum atomic E-state index is -0.119. The SMILES string of the molecule is CC1=Cc2ccccc2Oc2ccc(=O)[nH]c21. The number of pyridine rings is 1. The third-order valence-electron chi connectivity index (χ3n) is 2.79. The van der Waals surface area contributed by atoms with Gasteiger partial charge in [0.05, 0.1) is 5.69 Å². The first-order chi connectivity index (χ1) is 8.24. The molecule has 3 heteroatoms. The molecule has 0 amide bonds. The van der Waals surface area contributed by atoms with E-state index in [1.54, 1.807) is 6.07 Å². The number of hydrogen-bond acceptors (Lipinski definition) is 2. The number of H-pyrrole nitrogens is 1. The Morgan fingerprint density at radius 3 is 2.76 bits per heavy atom. The van der Waals surface area contributed by atoms with Gasteiger partial charge in [-0.25, -0.2) is 0 Å². The number of hydrogen-bond donors (Lipinski definition) is 1. The molecule has 0 radical (unpaired) electrons. The predicted octanol–water partition coefficient (Wildman–Crippen LogP) is 3.04. The van der Waals surface area contributed by atoms with Crippen LogP contribution in [0.25, 0.3) is 11.6 Å². The number of para-hydroxylation sites is 1. The number of nitrogens with one attached hydrogen (secondary N) is 1. The van der Waals surface area contributed by atoms with Gasteiger partial charge >= 0.3 is 0 Å². The van der Waals surface area contributed by atoms with E-state index in [1.165, 1.54) is 6.07 Å². The van der Waals surface area contributed by atoms with Crippen LogP contribution < -0.4 is 10.3 Å². The lowest BCUT2D eigenvalue weighted by Gasteiger charge is -2.08. The third-order valence-corrected chi connectivity index (χ3v) is 2.79. The molecule has 0 bridgehead atoms. The molecule has 84 valence electrons. The van der Waals surface area contributed by atoms with E-state index in [-0.39, 0.29) is 5.56 Å². The lowest BCUT2D eigenvalue weighted by molar-refractivity contribution is 0.478. The quantitative estimate of drug-likeness (QED) is 0.748. The molecule has 1 aliphatic rings. The molecule has 3 nitrogen and oxygen atoms in total. The smallest absolute Gasteiger partial charge is 0.248 e. The van der Waals surface area contributed by atoms with E-state index in [1.807, 2.05) is 37.3 Å². The number of aromatic nitrogens is 1. The van der Waals surface area contributed by atoms with E-state index in [0.717, 1.165) is 22.6 Å². The monoisotopic (exact) mass is 225 g/mol. The molecule has 0 saturated heterocycles. The molecule has 2 heterocycles. The first-order valence-electron chi connectivity index (χ1n) is 5.43. The zero-order valence-electron chi connectivity index (χ0n) is 9.36. The number of fused-ring (bicyclic) bond motifs is 2. The maximum Gasteiger partial charge on any atom is 0.248 e. The maximum absolute atomic E-state index is 11.3. The van der Waals surface area contributed by atoms with Crippen molar-refractivity contribution in [2.75, 3.05) is 0 Å². The predicted molar refractivity (Wildman–Crippen MR) is 67.1 cm³/mol. The number of ether oxygens (including phenoxy) is 1. The van der Waals surface area contributed by atoms with Crippen molar-refractivity contribution in [3.05, 3.63) is 58.0 Å². The van der Waals surface area contributed by atoms with Crippen molar-refractivity contribution in [1.29, 1.82) is 0 Å². The van der Waals surface area contributed by atoms with Crippen LogP contribution in [0, 0.1) is 0 Å². The van der Waals surface area contributed by atoms with Gasteiger partial charge in [-0.05, 0) is 30.7 Å². The molecule has 1 aromatic carbocycles. The number of rotatable bonds is 0. The van der Waals surface area contributed by atoms with E-state index in [0.29, 0.717) is 5.75 Å². The first-order valence-corrected chi connectivity index (χ1v) is 5.43. The van der Waals surface area contributed by atoms with E-state index >= 15 is 0 Å². The average molecular weight is 225 g/mol. The largest absolute Gasteiger partial charge is 0.455 e. The highest BCUT2D eigenvalue weighted by Crippen LogP contribution is 2.35. The molecule has 0 saturated carbocycles.